The Hall–Kier alpha value is -4.12. The molecule has 0 spiro atoms. The van der Waals surface area contributed by atoms with Crippen LogP contribution in [0.3, 0.4) is 0 Å². The third-order valence-electron chi connectivity index (χ3n) is 4.39. The zero-order chi connectivity index (χ0) is 20.8. The van der Waals surface area contributed by atoms with E-state index in [0.717, 1.165) is 11.1 Å². The Morgan fingerprint density at radius 3 is 2.30 bits per heavy atom. The van der Waals surface area contributed by atoms with Crippen LogP contribution >= 0.6 is 0 Å². The summed E-state index contributed by atoms with van der Waals surface area (Å²) in [6, 6.07) is 21.4. The molecular weight excluding hydrogens is 380 g/mol. The summed E-state index contributed by atoms with van der Waals surface area (Å²) in [6.45, 7) is 0.209. The number of ether oxygens (including phenoxy) is 3. The van der Waals surface area contributed by atoms with E-state index in [1.165, 1.54) is 12.2 Å². The normalized spacial score (nSPS) is 12.4. The molecule has 0 fully saturated rings. The van der Waals surface area contributed by atoms with Gasteiger partial charge in [0.05, 0.1) is 0 Å². The number of hydrogen-bond donors (Lipinski definition) is 0. The molecule has 3 aromatic rings. The Labute approximate surface area is 173 Å². The Kier molecular flexibility index (Phi) is 5.71. The average molecular weight is 398 g/mol. The summed E-state index contributed by atoms with van der Waals surface area (Å²) in [5.41, 5.74) is 2.24. The van der Waals surface area contributed by atoms with Gasteiger partial charge in [0.2, 0.25) is 6.79 Å². The molecule has 1 heterocycles. The number of hydrogen-bond acceptors (Lipinski definition) is 5. The lowest BCUT2D eigenvalue weighted by molar-refractivity contribution is -0.128. The van der Waals surface area contributed by atoms with Gasteiger partial charge in [-0.2, -0.15) is 0 Å². The summed E-state index contributed by atoms with van der Waals surface area (Å²) >= 11 is 0. The highest BCUT2D eigenvalue weighted by Crippen LogP contribution is 2.32. The fraction of sp³-hybridized carbons (Fsp3) is 0.0400. The van der Waals surface area contributed by atoms with Crippen LogP contribution in [-0.4, -0.2) is 18.5 Å². The predicted octanol–water partition coefficient (Wildman–Crippen LogP) is 4.93. The Bertz CT molecular complexity index is 1110. The minimum Gasteiger partial charge on any atom is -0.454 e. The zero-order valence-corrected chi connectivity index (χ0v) is 16.0. The minimum atomic E-state index is -0.486. The molecule has 0 atom stereocenters. The molecule has 0 saturated carbocycles. The Balaban J connectivity index is 1.35. The van der Waals surface area contributed by atoms with Gasteiger partial charge in [0, 0.05) is 11.6 Å². The van der Waals surface area contributed by atoms with Crippen LogP contribution in [0.15, 0.2) is 84.9 Å². The largest absolute Gasteiger partial charge is 0.454 e. The highest BCUT2D eigenvalue weighted by molar-refractivity contribution is 6.06. The van der Waals surface area contributed by atoms with Gasteiger partial charge < -0.3 is 14.2 Å². The zero-order valence-electron chi connectivity index (χ0n) is 16.0. The average Bonchev–Trinajstić information content (AvgIpc) is 3.25. The summed E-state index contributed by atoms with van der Waals surface area (Å²) in [4.78, 5) is 24.3. The number of fused-ring (bicyclic) bond motifs is 1. The molecule has 5 nitrogen and oxygen atoms in total. The molecule has 1 aliphatic heterocycles. The maximum atomic E-state index is 12.4. The van der Waals surface area contributed by atoms with Crippen molar-refractivity contribution in [1.82, 2.24) is 0 Å². The van der Waals surface area contributed by atoms with Crippen LogP contribution in [0.4, 0.5) is 0 Å². The molecule has 0 amide bonds. The quantitative estimate of drug-likeness (QED) is 0.255. The molecule has 30 heavy (non-hydrogen) atoms. The second-order valence-electron chi connectivity index (χ2n) is 6.50. The number of rotatable bonds is 6. The summed E-state index contributed by atoms with van der Waals surface area (Å²) in [5.74, 6) is 1.09. The third-order valence-corrected chi connectivity index (χ3v) is 4.39. The van der Waals surface area contributed by atoms with E-state index in [1.807, 2.05) is 48.5 Å². The molecule has 148 valence electrons. The highest BCUT2D eigenvalue weighted by Gasteiger charge is 2.12. The highest BCUT2D eigenvalue weighted by atomic mass is 16.7. The van der Waals surface area contributed by atoms with Crippen molar-refractivity contribution >= 4 is 23.9 Å². The molecule has 0 bridgehead atoms. The van der Waals surface area contributed by atoms with Gasteiger partial charge in [-0.05, 0) is 59.7 Å². The van der Waals surface area contributed by atoms with Gasteiger partial charge in [0.25, 0.3) is 0 Å². The van der Waals surface area contributed by atoms with Crippen molar-refractivity contribution in [3.8, 4) is 17.2 Å². The molecule has 0 unspecified atom stereocenters. The molecule has 1 aliphatic rings. The smallest absolute Gasteiger partial charge is 0.336 e. The van der Waals surface area contributed by atoms with E-state index < -0.39 is 5.97 Å². The lowest BCUT2D eigenvalue weighted by Crippen LogP contribution is -2.04. The van der Waals surface area contributed by atoms with Gasteiger partial charge in [-0.3, -0.25) is 4.79 Å². The summed E-state index contributed by atoms with van der Waals surface area (Å²) in [6.07, 6.45) is 6.25. The van der Waals surface area contributed by atoms with Gasteiger partial charge in [-0.25, -0.2) is 4.79 Å². The van der Waals surface area contributed by atoms with E-state index in [0.29, 0.717) is 22.8 Å². The van der Waals surface area contributed by atoms with E-state index in [4.69, 9.17) is 14.2 Å². The fourth-order valence-electron chi connectivity index (χ4n) is 2.85. The minimum absolute atomic E-state index is 0.158. The second kappa shape index (κ2) is 8.92. The first-order valence-corrected chi connectivity index (χ1v) is 9.34. The maximum Gasteiger partial charge on any atom is 0.336 e. The molecule has 3 aromatic carbocycles. The van der Waals surface area contributed by atoms with E-state index in [9.17, 15) is 9.59 Å². The van der Waals surface area contributed by atoms with E-state index in [-0.39, 0.29) is 12.6 Å². The first kappa shape index (κ1) is 19.2. The standard InChI is InChI=1S/C25H18O5/c26-22(13-6-19-7-14-23-24(16-19)29-17-28-23)20-9-11-21(12-10-20)30-25(27)15-8-18-4-2-1-3-5-18/h1-16H,17H2/b13-6+,15-8+. The molecule has 0 N–H and O–H groups in total. The van der Waals surface area contributed by atoms with Gasteiger partial charge in [0.1, 0.15) is 5.75 Å². The fourth-order valence-corrected chi connectivity index (χ4v) is 2.85. The number of carbonyl (C=O) groups is 2. The molecule has 0 radical (unpaired) electrons. The summed E-state index contributed by atoms with van der Waals surface area (Å²) in [7, 11) is 0. The summed E-state index contributed by atoms with van der Waals surface area (Å²) < 4.78 is 15.9. The van der Waals surface area contributed by atoms with Crippen LogP contribution in [0.5, 0.6) is 17.2 Å². The topological polar surface area (TPSA) is 61.8 Å². The molecule has 4 rings (SSSR count). The van der Waals surface area contributed by atoms with E-state index in [2.05, 4.69) is 0 Å². The Morgan fingerprint density at radius 1 is 0.767 bits per heavy atom. The van der Waals surface area contributed by atoms with Gasteiger partial charge in [-0.15, -0.1) is 0 Å². The van der Waals surface area contributed by atoms with Crippen molar-refractivity contribution < 1.29 is 23.8 Å². The molecule has 0 aliphatic carbocycles. The van der Waals surface area contributed by atoms with Crippen molar-refractivity contribution in [1.29, 1.82) is 0 Å². The Morgan fingerprint density at radius 2 is 1.50 bits per heavy atom. The van der Waals surface area contributed by atoms with Crippen molar-refractivity contribution in [2.24, 2.45) is 0 Å². The van der Waals surface area contributed by atoms with Gasteiger partial charge in [0.15, 0.2) is 17.3 Å². The first-order valence-electron chi connectivity index (χ1n) is 9.34. The van der Waals surface area contributed by atoms with Crippen LogP contribution in [-0.2, 0) is 4.79 Å². The molecule has 5 heteroatoms. The van der Waals surface area contributed by atoms with Gasteiger partial charge >= 0.3 is 5.97 Å². The number of carbonyl (C=O) groups excluding carboxylic acids is 2. The van der Waals surface area contributed by atoms with Crippen LogP contribution in [0.25, 0.3) is 12.2 Å². The number of benzene rings is 3. The lowest BCUT2D eigenvalue weighted by atomic mass is 10.1. The van der Waals surface area contributed by atoms with Crippen molar-refractivity contribution in [2.75, 3.05) is 6.79 Å². The van der Waals surface area contributed by atoms with Crippen LogP contribution < -0.4 is 14.2 Å². The monoisotopic (exact) mass is 398 g/mol. The maximum absolute atomic E-state index is 12.4. The third kappa shape index (κ3) is 4.83. The second-order valence-corrected chi connectivity index (χ2v) is 6.50. The number of esters is 1. The van der Waals surface area contributed by atoms with Crippen LogP contribution in [0, 0.1) is 0 Å². The van der Waals surface area contributed by atoms with Crippen molar-refractivity contribution in [3.63, 3.8) is 0 Å². The first-order chi connectivity index (χ1) is 14.7. The predicted molar refractivity (Wildman–Crippen MR) is 113 cm³/mol. The number of ketones is 1. The molecular formula is C25H18O5. The van der Waals surface area contributed by atoms with Crippen molar-refractivity contribution in [2.45, 2.75) is 0 Å². The van der Waals surface area contributed by atoms with Gasteiger partial charge in [-0.1, -0.05) is 42.5 Å². The van der Waals surface area contributed by atoms with E-state index in [1.54, 1.807) is 36.4 Å². The lowest BCUT2D eigenvalue weighted by Gasteiger charge is -2.02. The van der Waals surface area contributed by atoms with E-state index >= 15 is 0 Å². The van der Waals surface area contributed by atoms with Crippen LogP contribution in [0.1, 0.15) is 21.5 Å². The molecule has 0 saturated heterocycles. The SMILES string of the molecule is O=C(/C=C/c1ccccc1)Oc1ccc(C(=O)/C=C/c2ccc3c(c2)OCO3)cc1. The number of allylic oxidation sites excluding steroid dienone is 1. The summed E-state index contributed by atoms with van der Waals surface area (Å²) in [5, 5.41) is 0. The van der Waals surface area contributed by atoms with Crippen molar-refractivity contribution in [3.05, 3.63) is 102 Å². The molecule has 0 aromatic heterocycles. The van der Waals surface area contributed by atoms with Crippen LogP contribution in [0.2, 0.25) is 0 Å².